The molecule has 1 heterocycles. The Kier molecular flexibility index (Phi) is 5.38. The number of benzene rings is 2. The first-order valence-corrected chi connectivity index (χ1v) is 8.41. The maximum atomic E-state index is 11.9. The highest BCUT2D eigenvalue weighted by molar-refractivity contribution is 9.10. The van der Waals surface area contributed by atoms with Crippen molar-refractivity contribution >= 4 is 39.4 Å². The Morgan fingerprint density at radius 1 is 1.27 bits per heavy atom. The number of anilines is 1. The topological polar surface area (TPSA) is 84.1 Å². The lowest BCUT2D eigenvalue weighted by Crippen LogP contribution is -2.10. The number of halogens is 1. The quantitative estimate of drug-likeness (QED) is 0.589. The third-order valence-corrected chi connectivity index (χ3v) is 3.97. The van der Waals surface area contributed by atoms with Crippen molar-refractivity contribution in [2.75, 3.05) is 12.4 Å². The first kappa shape index (κ1) is 17.8. The van der Waals surface area contributed by atoms with E-state index in [1.807, 2.05) is 0 Å². The van der Waals surface area contributed by atoms with Crippen molar-refractivity contribution in [3.05, 3.63) is 70.6 Å². The zero-order chi connectivity index (χ0) is 18.5. The van der Waals surface area contributed by atoms with Crippen molar-refractivity contribution in [2.45, 2.75) is 0 Å². The van der Waals surface area contributed by atoms with Gasteiger partial charge in [0.2, 0.25) is 0 Å². The van der Waals surface area contributed by atoms with Crippen LogP contribution in [0.3, 0.4) is 0 Å². The van der Waals surface area contributed by atoms with Crippen LogP contribution >= 0.6 is 15.9 Å². The summed E-state index contributed by atoms with van der Waals surface area (Å²) in [5.74, 6) is 0.294. The molecule has 6 nitrogen and oxygen atoms in total. The van der Waals surface area contributed by atoms with Gasteiger partial charge in [0.1, 0.15) is 0 Å². The first-order chi connectivity index (χ1) is 12.6. The molecule has 2 N–H and O–H groups in total. The molecule has 1 amide bonds. The minimum atomic E-state index is -0.322. The summed E-state index contributed by atoms with van der Waals surface area (Å²) < 4.78 is 10.9. The molecular weight excluding hydrogens is 400 g/mol. The van der Waals surface area contributed by atoms with Gasteiger partial charge in [-0.05, 0) is 48.5 Å². The standard InChI is InChI=1S/C19H15BrN2O4/c1-25-17-10-13(20)9-12(18(17)23)11-21-14-4-6-15(7-5-14)22-19(24)16-3-2-8-26-16/h2-11,23H,1H3,(H,22,24). The molecule has 0 unspecified atom stereocenters. The largest absolute Gasteiger partial charge is 0.504 e. The number of amides is 1. The number of phenolic OH excluding ortho intramolecular Hbond substituents is 1. The molecule has 2 aromatic carbocycles. The second kappa shape index (κ2) is 7.88. The SMILES string of the molecule is COc1cc(Br)cc(C=Nc2ccc(NC(=O)c3ccco3)cc2)c1O. The van der Waals surface area contributed by atoms with E-state index in [0.29, 0.717) is 22.7 Å². The van der Waals surface area contributed by atoms with E-state index in [-0.39, 0.29) is 17.4 Å². The van der Waals surface area contributed by atoms with Gasteiger partial charge in [0.15, 0.2) is 17.3 Å². The molecule has 1 aromatic heterocycles. The van der Waals surface area contributed by atoms with E-state index in [0.717, 1.165) is 4.47 Å². The predicted molar refractivity (Wildman–Crippen MR) is 103 cm³/mol. The van der Waals surface area contributed by atoms with E-state index in [9.17, 15) is 9.90 Å². The number of aliphatic imine (C=N–C) groups is 1. The lowest BCUT2D eigenvalue weighted by atomic mass is 10.2. The second-order valence-corrected chi connectivity index (χ2v) is 6.20. The number of carbonyl (C=O) groups is 1. The lowest BCUT2D eigenvalue weighted by Gasteiger charge is -2.07. The smallest absolute Gasteiger partial charge is 0.291 e. The second-order valence-electron chi connectivity index (χ2n) is 5.28. The third-order valence-electron chi connectivity index (χ3n) is 3.51. The third kappa shape index (κ3) is 4.12. The Morgan fingerprint density at radius 3 is 2.69 bits per heavy atom. The molecule has 0 aliphatic rings. The van der Waals surface area contributed by atoms with Crippen LogP contribution < -0.4 is 10.1 Å². The fraction of sp³-hybridized carbons (Fsp3) is 0.0526. The van der Waals surface area contributed by atoms with Crippen LogP contribution in [0, 0.1) is 0 Å². The van der Waals surface area contributed by atoms with Gasteiger partial charge in [0.25, 0.3) is 5.91 Å². The number of phenols is 1. The van der Waals surface area contributed by atoms with Crippen LogP contribution in [0.4, 0.5) is 11.4 Å². The summed E-state index contributed by atoms with van der Waals surface area (Å²) in [5.41, 5.74) is 1.81. The highest BCUT2D eigenvalue weighted by Gasteiger charge is 2.09. The fourth-order valence-corrected chi connectivity index (χ4v) is 2.68. The van der Waals surface area contributed by atoms with Crippen molar-refractivity contribution in [3.63, 3.8) is 0 Å². The molecule has 0 aliphatic carbocycles. The number of methoxy groups -OCH3 is 1. The van der Waals surface area contributed by atoms with Crippen molar-refractivity contribution in [3.8, 4) is 11.5 Å². The van der Waals surface area contributed by atoms with Crippen molar-refractivity contribution in [1.82, 2.24) is 0 Å². The number of carbonyl (C=O) groups excluding carboxylic acids is 1. The Labute approximate surface area is 158 Å². The zero-order valence-electron chi connectivity index (χ0n) is 13.8. The average molecular weight is 415 g/mol. The number of rotatable bonds is 5. The Bertz CT molecular complexity index is 935. The zero-order valence-corrected chi connectivity index (χ0v) is 15.4. The van der Waals surface area contributed by atoms with Gasteiger partial charge in [0.05, 0.1) is 19.1 Å². The van der Waals surface area contributed by atoms with Gasteiger partial charge < -0.3 is 19.6 Å². The molecule has 0 radical (unpaired) electrons. The number of aromatic hydroxyl groups is 1. The predicted octanol–water partition coefficient (Wildman–Crippen LogP) is 4.76. The van der Waals surface area contributed by atoms with E-state index in [2.05, 4.69) is 26.2 Å². The molecule has 26 heavy (non-hydrogen) atoms. The van der Waals surface area contributed by atoms with Gasteiger partial charge in [-0.2, -0.15) is 0 Å². The summed E-state index contributed by atoms with van der Waals surface area (Å²) in [7, 11) is 1.48. The summed E-state index contributed by atoms with van der Waals surface area (Å²) in [6.45, 7) is 0. The first-order valence-electron chi connectivity index (χ1n) is 7.62. The number of hydrogen-bond donors (Lipinski definition) is 2. The molecule has 0 bridgehead atoms. The molecule has 3 rings (SSSR count). The van der Waals surface area contributed by atoms with Crippen LogP contribution in [0.2, 0.25) is 0 Å². The van der Waals surface area contributed by atoms with Gasteiger partial charge in [-0.25, -0.2) is 0 Å². The molecular formula is C19H15BrN2O4. The van der Waals surface area contributed by atoms with Crippen molar-refractivity contribution in [1.29, 1.82) is 0 Å². The molecule has 132 valence electrons. The average Bonchev–Trinajstić information content (AvgIpc) is 3.18. The highest BCUT2D eigenvalue weighted by atomic mass is 79.9. The highest BCUT2D eigenvalue weighted by Crippen LogP contribution is 2.33. The lowest BCUT2D eigenvalue weighted by molar-refractivity contribution is 0.0996. The number of hydrogen-bond acceptors (Lipinski definition) is 5. The molecule has 0 saturated carbocycles. The molecule has 0 saturated heterocycles. The van der Waals surface area contributed by atoms with Gasteiger partial charge in [-0.3, -0.25) is 9.79 Å². The minimum absolute atomic E-state index is 0.0155. The number of ether oxygens (including phenoxy) is 1. The number of nitrogens with one attached hydrogen (secondary N) is 1. The van der Waals surface area contributed by atoms with Crippen molar-refractivity contribution in [2.24, 2.45) is 4.99 Å². The molecule has 0 fully saturated rings. The van der Waals surface area contributed by atoms with E-state index in [1.54, 1.807) is 54.7 Å². The fourth-order valence-electron chi connectivity index (χ4n) is 2.22. The molecule has 0 atom stereocenters. The summed E-state index contributed by atoms with van der Waals surface area (Å²) >= 11 is 3.36. The summed E-state index contributed by atoms with van der Waals surface area (Å²) in [4.78, 5) is 16.3. The van der Waals surface area contributed by atoms with Gasteiger partial charge in [-0.15, -0.1) is 0 Å². The summed E-state index contributed by atoms with van der Waals surface area (Å²) in [6, 6.07) is 13.6. The van der Waals surface area contributed by atoms with Crippen LogP contribution in [-0.2, 0) is 0 Å². The normalized spacial score (nSPS) is 10.8. The summed E-state index contributed by atoms with van der Waals surface area (Å²) in [6.07, 6.45) is 2.98. The van der Waals surface area contributed by atoms with E-state index in [1.165, 1.54) is 13.4 Å². The van der Waals surface area contributed by atoms with Crippen LogP contribution in [0.5, 0.6) is 11.5 Å². The van der Waals surface area contributed by atoms with Crippen LogP contribution in [0.25, 0.3) is 0 Å². The van der Waals surface area contributed by atoms with E-state index in [4.69, 9.17) is 9.15 Å². The Hall–Kier alpha value is -3.06. The van der Waals surface area contributed by atoms with E-state index >= 15 is 0 Å². The van der Waals surface area contributed by atoms with E-state index < -0.39 is 0 Å². The Balaban J connectivity index is 1.72. The molecule has 0 aliphatic heterocycles. The van der Waals surface area contributed by atoms with Crippen molar-refractivity contribution < 1.29 is 19.1 Å². The molecule has 0 spiro atoms. The molecule has 3 aromatic rings. The molecule has 7 heteroatoms. The van der Waals surface area contributed by atoms with Gasteiger partial charge in [0, 0.05) is 21.9 Å². The van der Waals surface area contributed by atoms with Crippen LogP contribution in [-0.4, -0.2) is 24.3 Å². The minimum Gasteiger partial charge on any atom is -0.504 e. The number of nitrogens with zero attached hydrogens (tertiary/aromatic N) is 1. The monoisotopic (exact) mass is 414 g/mol. The summed E-state index contributed by atoms with van der Waals surface area (Å²) in [5, 5.41) is 12.9. The maximum Gasteiger partial charge on any atom is 0.291 e. The Morgan fingerprint density at radius 2 is 2.04 bits per heavy atom. The van der Waals surface area contributed by atoms with Gasteiger partial charge in [-0.1, -0.05) is 15.9 Å². The van der Waals surface area contributed by atoms with Gasteiger partial charge >= 0.3 is 0 Å². The van der Waals surface area contributed by atoms with Crippen LogP contribution in [0.15, 0.2) is 68.7 Å². The maximum absolute atomic E-state index is 11.9. The number of furan rings is 1. The van der Waals surface area contributed by atoms with Crippen LogP contribution in [0.1, 0.15) is 16.1 Å².